The van der Waals surface area contributed by atoms with Crippen LogP contribution in [0.15, 0.2) is 0 Å². The molecular formula is C26H45NO21. The number of nitrogens with one attached hydrogen (secondary N) is 1. The molecule has 22 heteroatoms. The number of aliphatic hydroxyl groups is 13. The van der Waals surface area contributed by atoms with Crippen molar-refractivity contribution in [2.75, 3.05) is 26.4 Å². The zero-order valence-electron chi connectivity index (χ0n) is 25.5. The van der Waals surface area contributed by atoms with Gasteiger partial charge >= 0.3 is 0 Å². The second kappa shape index (κ2) is 16.8. The normalized spacial score (nSPS) is 50.2. The number of carbonyl (C=O) groups excluding carboxylic acids is 1. The molecule has 4 rings (SSSR count). The fourth-order valence-corrected chi connectivity index (χ4v) is 5.84. The molecule has 0 spiro atoms. The Bertz CT molecular complexity index is 1030. The third-order valence-corrected chi connectivity index (χ3v) is 8.59. The molecule has 48 heavy (non-hydrogen) atoms. The number of carbonyl (C=O) groups is 1. The Hall–Kier alpha value is -1.33. The largest absolute Gasteiger partial charge is 0.394 e. The van der Waals surface area contributed by atoms with Crippen molar-refractivity contribution in [1.82, 2.24) is 5.32 Å². The van der Waals surface area contributed by atoms with Crippen LogP contribution in [0.4, 0.5) is 0 Å². The average molecular weight is 708 g/mol. The summed E-state index contributed by atoms with van der Waals surface area (Å²) in [6, 6.07) is -1.46. The van der Waals surface area contributed by atoms with Gasteiger partial charge in [0.15, 0.2) is 25.2 Å². The van der Waals surface area contributed by atoms with Gasteiger partial charge in [-0.25, -0.2) is 0 Å². The van der Waals surface area contributed by atoms with Crippen molar-refractivity contribution in [1.29, 1.82) is 0 Å². The van der Waals surface area contributed by atoms with E-state index in [-0.39, 0.29) is 0 Å². The van der Waals surface area contributed by atoms with Crippen molar-refractivity contribution >= 4 is 5.91 Å². The summed E-state index contributed by atoms with van der Waals surface area (Å²) in [4.78, 5) is 11.8. The lowest BCUT2D eigenvalue weighted by molar-refractivity contribution is -0.367. The van der Waals surface area contributed by atoms with E-state index in [2.05, 4.69) is 5.32 Å². The van der Waals surface area contributed by atoms with E-state index in [1.165, 1.54) is 0 Å². The van der Waals surface area contributed by atoms with Crippen LogP contribution in [0.25, 0.3) is 0 Å². The number of amides is 1. The zero-order valence-corrected chi connectivity index (χ0v) is 25.5. The van der Waals surface area contributed by atoms with Crippen LogP contribution < -0.4 is 5.32 Å². The van der Waals surface area contributed by atoms with Gasteiger partial charge in [-0.05, 0) is 0 Å². The molecule has 0 aromatic heterocycles. The molecule has 0 saturated carbocycles. The summed E-state index contributed by atoms with van der Waals surface area (Å²) < 4.78 is 38.2. The first-order valence-corrected chi connectivity index (χ1v) is 15.1. The van der Waals surface area contributed by atoms with E-state index in [1.54, 1.807) is 0 Å². The van der Waals surface area contributed by atoms with Crippen LogP contribution in [0.1, 0.15) is 6.92 Å². The summed E-state index contributed by atoms with van der Waals surface area (Å²) in [7, 11) is 0. The Morgan fingerprint density at radius 1 is 0.542 bits per heavy atom. The van der Waals surface area contributed by atoms with Crippen molar-refractivity contribution < 1.29 is 104 Å². The molecule has 14 N–H and O–H groups in total. The number of ether oxygens (including phenoxy) is 7. The lowest BCUT2D eigenvalue weighted by Gasteiger charge is -2.47. The zero-order chi connectivity index (χ0) is 35.6. The maximum absolute atomic E-state index is 11.8. The molecule has 4 aliphatic heterocycles. The minimum Gasteiger partial charge on any atom is -0.394 e. The van der Waals surface area contributed by atoms with Crippen molar-refractivity contribution in [3.8, 4) is 0 Å². The minimum absolute atomic E-state index is 0.680. The summed E-state index contributed by atoms with van der Waals surface area (Å²) in [5.74, 6) is -0.680. The summed E-state index contributed by atoms with van der Waals surface area (Å²) in [6.07, 6.45) is -33.1. The number of hydrogen-bond acceptors (Lipinski definition) is 21. The monoisotopic (exact) mass is 707 g/mol. The highest BCUT2D eigenvalue weighted by molar-refractivity contribution is 5.73. The van der Waals surface area contributed by atoms with Crippen LogP contribution in [0.3, 0.4) is 0 Å². The van der Waals surface area contributed by atoms with Gasteiger partial charge in [0.1, 0.15) is 97.6 Å². The quantitative estimate of drug-likeness (QED) is 0.0947. The van der Waals surface area contributed by atoms with Gasteiger partial charge in [0.25, 0.3) is 0 Å². The molecule has 4 aliphatic rings. The standard InChI is InChI=1S/C26H45NO21/c1-6(31)27-11-15(35)12(32)7(2-28)44-24(11)48-22-14(34)8(3-29)45-25(20(22)40)42-5-10-13(33)16(36)19(39)26(46-10)47-21-9(4-30)43-23(41)18(38)17(21)37/h7-26,28-30,32-41H,2-5H2,1H3,(H,27,31)/t7-,8-,9-,10-,11-,12+,13+,14+,15-,16+,17-,18-,19-,20-,21-,22+,23-,24+,25+,26+/m1/s1. The molecule has 0 aliphatic carbocycles. The van der Waals surface area contributed by atoms with Gasteiger partial charge in [0.05, 0.1) is 26.4 Å². The Balaban J connectivity index is 1.47. The van der Waals surface area contributed by atoms with Crippen LogP contribution in [-0.2, 0) is 38.0 Å². The Labute approximate surface area is 272 Å². The fraction of sp³-hybridized carbons (Fsp3) is 0.962. The van der Waals surface area contributed by atoms with Gasteiger partial charge in [-0.2, -0.15) is 0 Å². The molecule has 22 nitrogen and oxygen atoms in total. The first kappa shape index (κ1) is 39.5. The maximum atomic E-state index is 11.8. The van der Waals surface area contributed by atoms with Crippen LogP contribution in [0.2, 0.25) is 0 Å². The van der Waals surface area contributed by atoms with Gasteiger partial charge in [-0.3, -0.25) is 4.79 Å². The highest BCUT2D eigenvalue weighted by Crippen LogP contribution is 2.32. The third kappa shape index (κ3) is 8.24. The van der Waals surface area contributed by atoms with Gasteiger partial charge in [-0.15, -0.1) is 0 Å². The molecule has 20 atom stereocenters. The third-order valence-electron chi connectivity index (χ3n) is 8.59. The van der Waals surface area contributed by atoms with E-state index < -0.39 is 155 Å². The van der Waals surface area contributed by atoms with E-state index >= 15 is 0 Å². The summed E-state index contributed by atoms with van der Waals surface area (Å²) in [6.45, 7) is -2.11. The molecule has 1 amide bonds. The molecule has 280 valence electrons. The van der Waals surface area contributed by atoms with Gasteiger partial charge in [0.2, 0.25) is 5.91 Å². The molecule has 0 aromatic carbocycles. The Kier molecular flexibility index (Phi) is 13.8. The maximum Gasteiger partial charge on any atom is 0.217 e. The SMILES string of the molecule is CC(=O)N[C@H]1[C@H](O[C@H]2[C@@H](O)[C@@H](CO)O[C@H](OC[C@H]3O[C@@H](O[C@H]4[C@H](O)[C@@H](O)[C@H](O)O[C@@H]4CO)[C@H](O)[C@@H](O)[C@H]3O)[C@@H]2O)O[C@H](CO)[C@H](O)[C@@H]1O. The molecule has 0 bridgehead atoms. The van der Waals surface area contributed by atoms with Crippen LogP contribution in [-0.4, -0.2) is 221 Å². The molecule has 4 fully saturated rings. The second-order valence-electron chi connectivity index (χ2n) is 11.9. The number of rotatable bonds is 11. The van der Waals surface area contributed by atoms with Crippen LogP contribution in [0.5, 0.6) is 0 Å². The summed E-state index contributed by atoms with van der Waals surface area (Å²) >= 11 is 0. The minimum atomic E-state index is -1.96. The van der Waals surface area contributed by atoms with E-state index in [1.807, 2.05) is 0 Å². The summed E-state index contributed by atoms with van der Waals surface area (Å²) in [5, 5.41) is 136. The average Bonchev–Trinajstić information content (AvgIpc) is 3.06. The molecular weight excluding hydrogens is 662 g/mol. The smallest absolute Gasteiger partial charge is 0.217 e. The molecule has 0 aromatic rings. The topological polar surface area (TPSA) is 357 Å². The molecule has 0 radical (unpaired) electrons. The van der Waals surface area contributed by atoms with Crippen molar-refractivity contribution in [3.05, 3.63) is 0 Å². The molecule has 4 heterocycles. The van der Waals surface area contributed by atoms with E-state index in [0.29, 0.717) is 0 Å². The van der Waals surface area contributed by atoms with Gasteiger partial charge in [-0.1, -0.05) is 0 Å². The highest BCUT2D eigenvalue weighted by Gasteiger charge is 2.53. The second-order valence-corrected chi connectivity index (χ2v) is 11.9. The fourth-order valence-electron chi connectivity index (χ4n) is 5.84. The summed E-state index contributed by atoms with van der Waals surface area (Å²) in [5.41, 5.74) is 0. The van der Waals surface area contributed by atoms with Crippen molar-refractivity contribution in [2.45, 2.75) is 130 Å². The first-order valence-electron chi connectivity index (χ1n) is 15.1. The first-order chi connectivity index (χ1) is 22.6. The Morgan fingerprint density at radius 2 is 1.08 bits per heavy atom. The number of aliphatic hydroxyl groups excluding tert-OH is 13. The van der Waals surface area contributed by atoms with E-state index in [0.717, 1.165) is 6.92 Å². The van der Waals surface area contributed by atoms with E-state index in [4.69, 9.17) is 33.2 Å². The highest BCUT2D eigenvalue weighted by atomic mass is 16.8. The van der Waals surface area contributed by atoms with Crippen molar-refractivity contribution in [2.24, 2.45) is 0 Å². The lowest BCUT2D eigenvalue weighted by Crippen LogP contribution is -2.68. The Morgan fingerprint density at radius 3 is 1.69 bits per heavy atom. The van der Waals surface area contributed by atoms with E-state index in [9.17, 15) is 71.2 Å². The molecule has 4 saturated heterocycles. The van der Waals surface area contributed by atoms with Crippen LogP contribution >= 0.6 is 0 Å². The van der Waals surface area contributed by atoms with Crippen molar-refractivity contribution in [3.63, 3.8) is 0 Å². The molecule has 0 unspecified atom stereocenters. The van der Waals surface area contributed by atoms with Gasteiger partial charge < -0.3 is 105 Å². The van der Waals surface area contributed by atoms with Gasteiger partial charge in [0, 0.05) is 6.92 Å². The number of hydrogen-bond donors (Lipinski definition) is 14. The predicted molar refractivity (Wildman–Crippen MR) is 145 cm³/mol. The predicted octanol–water partition coefficient (Wildman–Crippen LogP) is -9.61. The van der Waals surface area contributed by atoms with Crippen LogP contribution in [0, 0.1) is 0 Å². The lowest BCUT2D eigenvalue weighted by atomic mass is 9.95.